The molecular formula is C13H23N3OS. The highest BCUT2D eigenvalue weighted by atomic mass is 32.1. The van der Waals surface area contributed by atoms with Crippen molar-refractivity contribution < 1.29 is 4.74 Å². The summed E-state index contributed by atoms with van der Waals surface area (Å²) >= 11 is 1.43. The maximum atomic E-state index is 5.79. The van der Waals surface area contributed by atoms with Gasteiger partial charge in [-0.25, -0.2) is 4.98 Å². The molecule has 1 aliphatic carbocycles. The van der Waals surface area contributed by atoms with E-state index >= 15 is 0 Å². The Bertz CT molecular complexity index is 383. The zero-order valence-corrected chi connectivity index (χ0v) is 12.5. The summed E-state index contributed by atoms with van der Waals surface area (Å²) in [6.45, 7) is 6.52. The van der Waals surface area contributed by atoms with Gasteiger partial charge in [0.2, 0.25) is 5.13 Å². The summed E-state index contributed by atoms with van der Waals surface area (Å²) in [5.41, 5.74) is -0.250. The van der Waals surface area contributed by atoms with Gasteiger partial charge in [-0.3, -0.25) is 0 Å². The monoisotopic (exact) mass is 269 g/mol. The van der Waals surface area contributed by atoms with Crippen LogP contribution in [0.4, 0.5) is 5.13 Å². The number of hydrogen-bond donors (Lipinski definition) is 1. The largest absolute Gasteiger partial charge is 0.370 e. The SMILES string of the molecule is COC1(c2nsc(NC(C)C)n2)CCC(C)CC1. The molecule has 0 atom stereocenters. The van der Waals surface area contributed by atoms with Gasteiger partial charge in [0.25, 0.3) is 0 Å². The zero-order valence-electron chi connectivity index (χ0n) is 11.7. The minimum absolute atomic E-state index is 0.250. The fourth-order valence-electron chi connectivity index (χ4n) is 2.46. The van der Waals surface area contributed by atoms with Gasteiger partial charge < -0.3 is 10.1 Å². The van der Waals surface area contributed by atoms with Crippen molar-refractivity contribution in [1.82, 2.24) is 9.36 Å². The van der Waals surface area contributed by atoms with Gasteiger partial charge >= 0.3 is 0 Å². The van der Waals surface area contributed by atoms with Gasteiger partial charge in [-0.2, -0.15) is 4.37 Å². The van der Waals surface area contributed by atoms with Crippen molar-refractivity contribution in [2.75, 3.05) is 12.4 Å². The zero-order chi connectivity index (χ0) is 13.2. The molecule has 1 fully saturated rings. The minimum atomic E-state index is -0.250. The van der Waals surface area contributed by atoms with E-state index in [-0.39, 0.29) is 5.60 Å². The van der Waals surface area contributed by atoms with E-state index in [9.17, 15) is 0 Å². The normalized spacial score (nSPS) is 28.6. The summed E-state index contributed by atoms with van der Waals surface area (Å²) in [7, 11) is 1.78. The maximum absolute atomic E-state index is 5.79. The third-order valence-electron chi connectivity index (χ3n) is 3.72. The lowest BCUT2D eigenvalue weighted by Crippen LogP contribution is -2.34. The average molecular weight is 269 g/mol. The average Bonchev–Trinajstić information content (AvgIpc) is 2.79. The van der Waals surface area contributed by atoms with Crippen LogP contribution in [-0.2, 0) is 10.3 Å². The Morgan fingerprint density at radius 3 is 2.61 bits per heavy atom. The molecule has 0 saturated heterocycles. The standard InChI is InChI=1S/C13H23N3OS/c1-9(2)14-12-15-11(16-18-12)13(17-4)7-5-10(3)6-8-13/h9-10H,5-8H2,1-4H3,(H,14,15,16). The first-order valence-electron chi connectivity index (χ1n) is 6.71. The van der Waals surface area contributed by atoms with Crippen molar-refractivity contribution in [3.05, 3.63) is 5.82 Å². The van der Waals surface area contributed by atoms with Crippen LogP contribution in [0, 0.1) is 5.92 Å². The van der Waals surface area contributed by atoms with E-state index in [1.165, 1.54) is 24.4 Å². The first kappa shape index (κ1) is 13.7. The molecule has 0 spiro atoms. The molecule has 1 aliphatic rings. The van der Waals surface area contributed by atoms with Gasteiger partial charge in [0, 0.05) is 24.7 Å². The van der Waals surface area contributed by atoms with E-state index in [0.717, 1.165) is 29.7 Å². The molecule has 0 radical (unpaired) electrons. The Labute approximate surface area is 113 Å². The number of ether oxygens (including phenoxy) is 1. The lowest BCUT2D eigenvalue weighted by molar-refractivity contribution is -0.0588. The van der Waals surface area contributed by atoms with Crippen LogP contribution in [-0.4, -0.2) is 22.5 Å². The van der Waals surface area contributed by atoms with Crippen molar-refractivity contribution in [3.8, 4) is 0 Å². The molecule has 1 heterocycles. The van der Waals surface area contributed by atoms with Crippen molar-refractivity contribution in [2.24, 2.45) is 5.92 Å². The quantitative estimate of drug-likeness (QED) is 0.910. The summed E-state index contributed by atoms with van der Waals surface area (Å²) in [5.74, 6) is 1.66. The first-order valence-corrected chi connectivity index (χ1v) is 7.49. The highest BCUT2D eigenvalue weighted by Gasteiger charge is 2.39. The Morgan fingerprint density at radius 2 is 2.06 bits per heavy atom. The van der Waals surface area contributed by atoms with Crippen LogP contribution in [0.5, 0.6) is 0 Å². The number of methoxy groups -OCH3 is 1. The van der Waals surface area contributed by atoms with Crippen LogP contribution in [0.2, 0.25) is 0 Å². The molecule has 5 heteroatoms. The van der Waals surface area contributed by atoms with Gasteiger partial charge in [-0.05, 0) is 45.4 Å². The van der Waals surface area contributed by atoms with Crippen LogP contribution < -0.4 is 5.32 Å². The molecule has 1 aromatic rings. The highest BCUT2D eigenvalue weighted by molar-refractivity contribution is 7.09. The first-order chi connectivity index (χ1) is 8.55. The summed E-state index contributed by atoms with van der Waals surface area (Å²) in [6, 6.07) is 0.385. The van der Waals surface area contributed by atoms with E-state index in [2.05, 4.69) is 35.4 Å². The van der Waals surface area contributed by atoms with E-state index in [0.29, 0.717) is 6.04 Å². The molecule has 1 N–H and O–H groups in total. The minimum Gasteiger partial charge on any atom is -0.370 e. The molecule has 2 rings (SSSR count). The molecule has 0 bridgehead atoms. The number of nitrogens with zero attached hydrogens (tertiary/aromatic N) is 2. The predicted molar refractivity (Wildman–Crippen MR) is 75.0 cm³/mol. The smallest absolute Gasteiger partial charge is 0.202 e. The van der Waals surface area contributed by atoms with E-state index in [1.54, 1.807) is 7.11 Å². The predicted octanol–water partition coefficient (Wildman–Crippen LogP) is 3.41. The summed E-state index contributed by atoms with van der Waals surface area (Å²) < 4.78 is 10.3. The van der Waals surface area contributed by atoms with Gasteiger partial charge in [-0.15, -0.1) is 0 Å². The Morgan fingerprint density at radius 1 is 1.39 bits per heavy atom. The maximum Gasteiger partial charge on any atom is 0.202 e. The van der Waals surface area contributed by atoms with Gasteiger partial charge in [0.15, 0.2) is 5.82 Å². The molecule has 1 saturated carbocycles. The lowest BCUT2D eigenvalue weighted by Gasteiger charge is -2.35. The number of anilines is 1. The van der Waals surface area contributed by atoms with Crippen LogP contribution in [0.3, 0.4) is 0 Å². The van der Waals surface area contributed by atoms with Crippen LogP contribution in [0.15, 0.2) is 0 Å². The second-order valence-electron chi connectivity index (χ2n) is 5.60. The highest BCUT2D eigenvalue weighted by Crippen LogP contribution is 2.41. The molecule has 18 heavy (non-hydrogen) atoms. The summed E-state index contributed by atoms with van der Waals surface area (Å²) in [5, 5.41) is 4.20. The van der Waals surface area contributed by atoms with Crippen LogP contribution >= 0.6 is 11.5 Å². The van der Waals surface area contributed by atoms with Crippen molar-refractivity contribution in [3.63, 3.8) is 0 Å². The topological polar surface area (TPSA) is 47.0 Å². The number of nitrogens with one attached hydrogen (secondary N) is 1. The molecule has 0 aromatic carbocycles. The molecule has 0 aliphatic heterocycles. The second-order valence-corrected chi connectivity index (χ2v) is 6.35. The number of hydrogen-bond acceptors (Lipinski definition) is 5. The lowest BCUT2D eigenvalue weighted by atomic mass is 9.79. The molecule has 0 unspecified atom stereocenters. The second kappa shape index (κ2) is 5.53. The third-order valence-corrected chi connectivity index (χ3v) is 4.36. The summed E-state index contributed by atoms with van der Waals surface area (Å²) in [4.78, 5) is 4.61. The summed E-state index contributed by atoms with van der Waals surface area (Å²) in [6.07, 6.45) is 4.45. The van der Waals surface area contributed by atoms with Gasteiger partial charge in [0.1, 0.15) is 5.60 Å². The molecule has 4 nitrogen and oxygen atoms in total. The van der Waals surface area contributed by atoms with E-state index in [4.69, 9.17) is 4.74 Å². The van der Waals surface area contributed by atoms with E-state index in [1.807, 2.05) is 0 Å². The van der Waals surface area contributed by atoms with Gasteiger partial charge in [-0.1, -0.05) is 6.92 Å². The van der Waals surface area contributed by atoms with Crippen LogP contribution in [0.25, 0.3) is 0 Å². The van der Waals surface area contributed by atoms with Gasteiger partial charge in [0.05, 0.1) is 0 Å². The molecule has 102 valence electrons. The fourth-order valence-corrected chi connectivity index (χ4v) is 3.26. The number of rotatable bonds is 4. The van der Waals surface area contributed by atoms with Crippen molar-refractivity contribution in [1.29, 1.82) is 0 Å². The van der Waals surface area contributed by atoms with E-state index < -0.39 is 0 Å². The molecular weight excluding hydrogens is 246 g/mol. The van der Waals surface area contributed by atoms with Crippen molar-refractivity contribution >= 4 is 16.7 Å². The Balaban J connectivity index is 2.14. The third kappa shape index (κ3) is 2.83. The number of aromatic nitrogens is 2. The van der Waals surface area contributed by atoms with Crippen LogP contribution in [0.1, 0.15) is 52.3 Å². The Hall–Kier alpha value is -0.680. The fraction of sp³-hybridized carbons (Fsp3) is 0.846. The Kier molecular flexibility index (Phi) is 4.22. The molecule has 0 amide bonds. The molecule has 1 aromatic heterocycles. The van der Waals surface area contributed by atoms with Crippen molar-refractivity contribution in [2.45, 2.75) is 58.1 Å².